The van der Waals surface area contributed by atoms with Crippen LogP contribution in [-0.4, -0.2) is 55.2 Å². The summed E-state index contributed by atoms with van der Waals surface area (Å²) in [4.78, 5) is 16.8. The summed E-state index contributed by atoms with van der Waals surface area (Å²) < 4.78 is 18.8. The van der Waals surface area contributed by atoms with Crippen LogP contribution in [0, 0.1) is 5.82 Å². The highest BCUT2D eigenvalue weighted by molar-refractivity contribution is 6.30. The van der Waals surface area contributed by atoms with Gasteiger partial charge >= 0.3 is 0 Å². The van der Waals surface area contributed by atoms with E-state index in [2.05, 4.69) is 15.8 Å². The maximum absolute atomic E-state index is 13.9. The molecule has 29 heavy (non-hydrogen) atoms. The number of halogens is 2. The van der Waals surface area contributed by atoms with E-state index in [1.165, 1.54) is 24.8 Å². The third-order valence-electron chi connectivity index (χ3n) is 5.60. The Labute approximate surface area is 174 Å². The van der Waals surface area contributed by atoms with Crippen molar-refractivity contribution in [3.05, 3.63) is 64.4 Å². The van der Waals surface area contributed by atoms with Crippen LogP contribution >= 0.6 is 11.6 Å². The van der Waals surface area contributed by atoms with Crippen molar-refractivity contribution < 1.29 is 13.9 Å². The van der Waals surface area contributed by atoms with Gasteiger partial charge in [-0.25, -0.2) is 15.2 Å². The number of amides is 1. The van der Waals surface area contributed by atoms with Crippen LogP contribution in [0.3, 0.4) is 0 Å². The fraction of sp³-hybridized carbons (Fsp3) is 0.381. The molecule has 0 aromatic heterocycles. The first-order chi connectivity index (χ1) is 14.0. The molecule has 0 saturated carbocycles. The molecular weight excluding hydrogens is 395 g/mol. The molecule has 2 atom stereocenters. The summed E-state index contributed by atoms with van der Waals surface area (Å²) in [5.41, 5.74) is 8.25. The van der Waals surface area contributed by atoms with E-state index in [1.54, 1.807) is 11.0 Å². The van der Waals surface area contributed by atoms with Crippen LogP contribution in [0.25, 0.3) is 0 Å². The number of carbonyl (C=O) groups is 1. The van der Waals surface area contributed by atoms with E-state index >= 15 is 0 Å². The van der Waals surface area contributed by atoms with Gasteiger partial charge in [-0.05, 0) is 42.3 Å². The molecule has 154 valence electrons. The summed E-state index contributed by atoms with van der Waals surface area (Å²) in [5, 5.41) is 0.730. The number of piperazine rings is 1. The van der Waals surface area contributed by atoms with Crippen LogP contribution in [0.5, 0.6) is 5.75 Å². The van der Waals surface area contributed by atoms with E-state index in [0.717, 1.165) is 24.5 Å². The number of hydrogen-bond acceptors (Lipinski definition) is 5. The van der Waals surface area contributed by atoms with Crippen molar-refractivity contribution >= 4 is 17.5 Å². The monoisotopic (exact) mass is 418 g/mol. The molecule has 6 nitrogen and oxygen atoms in total. The van der Waals surface area contributed by atoms with Crippen LogP contribution in [0.1, 0.15) is 28.4 Å². The lowest BCUT2D eigenvalue weighted by Gasteiger charge is -2.37. The zero-order valence-corrected chi connectivity index (χ0v) is 17.0. The SMILES string of the molecule is COc1ccc(C(=O)N2CCN(C3CC(c4ccc(Cl)cc4)NN3)CC2)cc1F. The molecule has 2 saturated heterocycles. The van der Waals surface area contributed by atoms with Crippen molar-refractivity contribution in [1.82, 2.24) is 20.7 Å². The second kappa shape index (κ2) is 8.67. The summed E-state index contributed by atoms with van der Waals surface area (Å²) in [6.45, 7) is 2.74. The van der Waals surface area contributed by atoms with E-state index in [-0.39, 0.29) is 23.9 Å². The fourth-order valence-corrected chi connectivity index (χ4v) is 4.04. The number of hydrogen-bond donors (Lipinski definition) is 2. The molecule has 0 radical (unpaired) electrons. The molecule has 0 bridgehead atoms. The quantitative estimate of drug-likeness (QED) is 0.799. The van der Waals surface area contributed by atoms with Gasteiger partial charge < -0.3 is 9.64 Å². The molecule has 0 spiro atoms. The normalized spacial score (nSPS) is 22.7. The Morgan fingerprint density at radius 2 is 1.83 bits per heavy atom. The van der Waals surface area contributed by atoms with Gasteiger partial charge in [-0.2, -0.15) is 0 Å². The van der Waals surface area contributed by atoms with Gasteiger partial charge in [0.15, 0.2) is 11.6 Å². The average molecular weight is 419 g/mol. The smallest absolute Gasteiger partial charge is 0.254 e. The first-order valence-electron chi connectivity index (χ1n) is 9.68. The zero-order valence-electron chi connectivity index (χ0n) is 16.2. The van der Waals surface area contributed by atoms with Gasteiger partial charge in [0.1, 0.15) is 0 Å². The Morgan fingerprint density at radius 1 is 1.10 bits per heavy atom. The van der Waals surface area contributed by atoms with Gasteiger partial charge in [-0.1, -0.05) is 23.7 Å². The molecule has 2 N–H and O–H groups in total. The summed E-state index contributed by atoms with van der Waals surface area (Å²) in [6.07, 6.45) is 1.13. The third kappa shape index (κ3) is 4.38. The van der Waals surface area contributed by atoms with Crippen LogP contribution in [-0.2, 0) is 0 Å². The minimum absolute atomic E-state index is 0.140. The van der Waals surface area contributed by atoms with Crippen molar-refractivity contribution in [3.8, 4) is 5.75 Å². The predicted octanol–water partition coefficient (Wildman–Crippen LogP) is 2.81. The maximum atomic E-state index is 13.9. The lowest BCUT2D eigenvalue weighted by atomic mass is 10.0. The Balaban J connectivity index is 1.32. The number of carbonyl (C=O) groups excluding carboxylic acids is 1. The third-order valence-corrected chi connectivity index (χ3v) is 5.85. The molecule has 2 heterocycles. The number of benzene rings is 2. The first-order valence-corrected chi connectivity index (χ1v) is 10.1. The van der Waals surface area contributed by atoms with E-state index in [4.69, 9.17) is 16.3 Å². The number of methoxy groups -OCH3 is 1. The molecule has 2 unspecified atom stereocenters. The molecule has 0 aliphatic carbocycles. The minimum atomic E-state index is -0.522. The van der Waals surface area contributed by atoms with Gasteiger partial charge in [0.25, 0.3) is 5.91 Å². The largest absolute Gasteiger partial charge is 0.494 e. The topological polar surface area (TPSA) is 56.8 Å². The maximum Gasteiger partial charge on any atom is 0.254 e. The van der Waals surface area contributed by atoms with E-state index in [9.17, 15) is 9.18 Å². The van der Waals surface area contributed by atoms with Gasteiger partial charge in [-0.3, -0.25) is 9.69 Å². The average Bonchev–Trinajstić information content (AvgIpc) is 3.24. The summed E-state index contributed by atoms with van der Waals surface area (Å²) in [6, 6.07) is 12.4. The zero-order chi connectivity index (χ0) is 20.4. The second-order valence-electron chi connectivity index (χ2n) is 7.32. The van der Waals surface area contributed by atoms with Crippen LogP contribution in [0.15, 0.2) is 42.5 Å². The minimum Gasteiger partial charge on any atom is -0.494 e. The van der Waals surface area contributed by atoms with Gasteiger partial charge in [0.05, 0.1) is 13.3 Å². The van der Waals surface area contributed by atoms with E-state index in [1.807, 2.05) is 24.3 Å². The molecule has 2 fully saturated rings. The van der Waals surface area contributed by atoms with Crippen LogP contribution < -0.4 is 15.6 Å². The molecule has 4 rings (SSSR count). The summed E-state index contributed by atoms with van der Waals surface area (Å²) in [7, 11) is 1.41. The van der Waals surface area contributed by atoms with Crippen molar-refractivity contribution in [3.63, 3.8) is 0 Å². The van der Waals surface area contributed by atoms with E-state index in [0.29, 0.717) is 18.7 Å². The Kier molecular flexibility index (Phi) is 6.01. The van der Waals surface area contributed by atoms with Gasteiger partial charge in [0, 0.05) is 42.8 Å². The Bertz CT molecular complexity index is 871. The number of nitrogens with zero attached hydrogens (tertiary/aromatic N) is 2. The van der Waals surface area contributed by atoms with Crippen molar-refractivity contribution in [2.75, 3.05) is 33.3 Å². The van der Waals surface area contributed by atoms with E-state index < -0.39 is 5.82 Å². The highest BCUT2D eigenvalue weighted by Crippen LogP contribution is 2.26. The molecule has 2 aromatic carbocycles. The molecule has 1 amide bonds. The highest BCUT2D eigenvalue weighted by Gasteiger charge is 2.32. The van der Waals surface area contributed by atoms with Crippen molar-refractivity contribution in [2.24, 2.45) is 0 Å². The Morgan fingerprint density at radius 3 is 2.48 bits per heavy atom. The molecular formula is C21H24ClFN4O2. The van der Waals surface area contributed by atoms with Gasteiger partial charge in [-0.15, -0.1) is 0 Å². The number of rotatable bonds is 4. The highest BCUT2D eigenvalue weighted by atomic mass is 35.5. The number of hydrazine groups is 1. The second-order valence-corrected chi connectivity index (χ2v) is 7.76. The standard InChI is InChI=1S/C21H24ClFN4O2/c1-29-19-7-4-15(12-17(19)23)21(28)27-10-8-26(9-11-27)20-13-18(24-25-20)14-2-5-16(22)6-3-14/h2-7,12,18,20,24-25H,8-11,13H2,1H3. The van der Waals surface area contributed by atoms with Crippen LogP contribution in [0.2, 0.25) is 5.02 Å². The predicted molar refractivity (Wildman–Crippen MR) is 109 cm³/mol. The number of nitrogens with one attached hydrogen (secondary N) is 2. The molecule has 8 heteroatoms. The Hall–Kier alpha value is -2.19. The molecule has 2 aliphatic rings. The number of ether oxygens (including phenoxy) is 1. The summed E-state index contributed by atoms with van der Waals surface area (Å²) >= 11 is 5.97. The fourth-order valence-electron chi connectivity index (χ4n) is 3.91. The molecule has 2 aliphatic heterocycles. The van der Waals surface area contributed by atoms with Crippen molar-refractivity contribution in [1.29, 1.82) is 0 Å². The lowest BCUT2D eigenvalue weighted by molar-refractivity contribution is 0.0544. The van der Waals surface area contributed by atoms with Crippen LogP contribution in [0.4, 0.5) is 4.39 Å². The molecule has 2 aromatic rings. The lowest BCUT2D eigenvalue weighted by Crippen LogP contribution is -2.55. The van der Waals surface area contributed by atoms with Crippen molar-refractivity contribution in [2.45, 2.75) is 18.6 Å². The summed E-state index contributed by atoms with van der Waals surface area (Å²) in [5.74, 6) is -0.532. The van der Waals surface area contributed by atoms with Gasteiger partial charge in [0.2, 0.25) is 0 Å². The first kappa shape index (κ1) is 20.1.